The minimum Gasteiger partial charge on any atom is -0.376 e. The lowest BCUT2D eigenvalue weighted by Crippen LogP contribution is -2.39. The van der Waals surface area contributed by atoms with Gasteiger partial charge in [0.25, 0.3) is 0 Å². The van der Waals surface area contributed by atoms with Gasteiger partial charge in [0.1, 0.15) is 0 Å². The third-order valence-electron chi connectivity index (χ3n) is 1.49. The Balaban J connectivity index is 0.000000810. The quantitative estimate of drug-likeness (QED) is 0.595. The van der Waals surface area contributed by atoms with E-state index in [0.717, 1.165) is 32.7 Å². The summed E-state index contributed by atoms with van der Waals surface area (Å²) in [5.41, 5.74) is 5.35. The third-order valence-corrected chi connectivity index (χ3v) is 1.49. The molecule has 62 valence electrons. The Morgan fingerprint density at radius 3 is 2.90 bits per heavy atom. The van der Waals surface area contributed by atoms with Crippen molar-refractivity contribution in [3.8, 4) is 0 Å². The fourth-order valence-electron chi connectivity index (χ4n) is 0.991. The number of hydrogen-bond donors (Lipinski definition) is 2. The van der Waals surface area contributed by atoms with Gasteiger partial charge in [-0.3, -0.25) is 0 Å². The van der Waals surface area contributed by atoms with Crippen LogP contribution in [0.4, 0.5) is 0 Å². The lowest BCUT2D eigenvalue weighted by molar-refractivity contribution is 0.0252. The van der Waals surface area contributed by atoms with Crippen LogP contribution < -0.4 is 11.1 Å². The highest BCUT2D eigenvalue weighted by Gasteiger charge is 2.10. The van der Waals surface area contributed by atoms with E-state index in [1.807, 2.05) is 0 Å². The van der Waals surface area contributed by atoms with Gasteiger partial charge in [0.2, 0.25) is 0 Å². The van der Waals surface area contributed by atoms with Gasteiger partial charge in [-0.1, -0.05) is 0 Å². The Bertz CT molecular complexity index is 73.4. The van der Waals surface area contributed by atoms with E-state index in [9.17, 15) is 0 Å². The largest absolute Gasteiger partial charge is 0.376 e. The van der Waals surface area contributed by atoms with E-state index in [0.29, 0.717) is 6.10 Å². The molecule has 0 aromatic carbocycles. The molecule has 0 radical (unpaired) electrons. The molecule has 0 saturated carbocycles. The minimum atomic E-state index is 0. The van der Waals surface area contributed by atoms with Crippen LogP contribution in [0.5, 0.6) is 0 Å². The van der Waals surface area contributed by atoms with Crippen molar-refractivity contribution in [1.29, 1.82) is 0 Å². The molecule has 0 aromatic rings. The summed E-state index contributed by atoms with van der Waals surface area (Å²) in [6.07, 6.45) is 1.34. The highest BCUT2D eigenvalue weighted by Crippen LogP contribution is 1.98. The second-order valence-corrected chi connectivity index (χ2v) is 2.27. The Labute approximate surface area is 67.7 Å². The first kappa shape index (κ1) is 10.2. The average Bonchev–Trinajstić information content (AvgIpc) is 1.91. The summed E-state index contributed by atoms with van der Waals surface area (Å²) in [6.45, 7) is 3.52. The lowest BCUT2D eigenvalue weighted by Gasteiger charge is -2.22. The molecule has 1 heterocycles. The number of nitrogens with one attached hydrogen (secondary N) is 1. The molecular formula is C6H15ClN2O. The first-order valence-corrected chi connectivity index (χ1v) is 3.46. The molecule has 10 heavy (non-hydrogen) atoms. The number of nitrogens with two attached hydrogens (primary N) is 1. The molecule has 4 heteroatoms. The molecule has 0 bridgehead atoms. The molecule has 3 N–H and O–H groups in total. The maximum Gasteiger partial charge on any atom is 0.0712 e. The summed E-state index contributed by atoms with van der Waals surface area (Å²) in [4.78, 5) is 0. The number of halogens is 1. The first-order valence-electron chi connectivity index (χ1n) is 3.46. The van der Waals surface area contributed by atoms with E-state index in [4.69, 9.17) is 10.5 Å². The fourth-order valence-corrected chi connectivity index (χ4v) is 0.991. The van der Waals surface area contributed by atoms with Crippen molar-refractivity contribution >= 4 is 12.4 Å². The summed E-state index contributed by atoms with van der Waals surface area (Å²) in [7, 11) is 0. The standard InChI is InChI=1S/C6H14N2O.ClH/c7-2-1-6-5-8-3-4-9-6;/h6,8H,1-5,7H2;1H. The van der Waals surface area contributed by atoms with Gasteiger partial charge >= 0.3 is 0 Å². The van der Waals surface area contributed by atoms with Gasteiger partial charge in [0.15, 0.2) is 0 Å². The Morgan fingerprint density at radius 2 is 2.40 bits per heavy atom. The van der Waals surface area contributed by atoms with Gasteiger partial charge in [-0.25, -0.2) is 0 Å². The minimum absolute atomic E-state index is 0. The second-order valence-electron chi connectivity index (χ2n) is 2.27. The third kappa shape index (κ3) is 3.37. The molecule has 3 nitrogen and oxygen atoms in total. The number of ether oxygens (including phenoxy) is 1. The van der Waals surface area contributed by atoms with Gasteiger partial charge in [-0.2, -0.15) is 0 Å². The molecule has 1 aliphatic rings. The highest BCUT2D eigenvalue weighted by atomic mass is 35.5. The zero-order valence-corrected chi connectivity index (χ0v) is 6.82. The lowest BCUT2D eigenvalue weighted by atomic mass is 10.2. The van der Waals surface area contributed by atoms with Crippen LogP contribution in [0, 0.1) is 0 Å². The van der Waals surface area contributed by atoms with E-state index in [1.54, 1.807) is 0 Å². The van der Waals surface area contributed by atoms with Gasteiger partial charge in [0.05, 0.1) is 12.7 Å². The van der Waals surface area contributed by atoms with Crippen molar-refractivity contribution in [2.45, 2.75) is 12.5 Å². The van der Waals surface area contributed by atoms with Crippen molar-refractivity contribution in [3.63, 3.8) is 0 Å². The molecule has 0 amide bonds. The van der Waals surface area contributed by atoms with Crippen LogP contribution in [-0.2, 0) is 4.74 Å². The Kier molecular flexibility index (Phi) is 6.02. The zero-order chi connectivity index (χ0) is 6.53. The predicted molar refractivity (Wildman–Crippen MR) is 43.5 cm³/mol. The van der Waals surface area contributed by atoms with E-state index < -0.39 is 0 Å². The number of hydrogen-bond acceptors (Lipinski definition) is 3. The topological polar surface area (TPSA) is 47.3 Å². The smallest absolute Gasteiger partial charge is 0.0712 e. The SMILES string of the molecule is Cl.NCCC1CNCCO1. The van der Waals surface area contributed by atoms with Gasteiger partial charge < -0.3 is 15.8 Å². The van der Waals surface area contributed by atoms with E-state index in [2.05, 4.69) is 5.32 Å². The molecule has 1 aliphatic heterocycles. The van der Waals surface area contributed by atoms with Gasteiger partial charge in [0, 0.05) is 13.1 Å². The van der Waals surface area contributed by atoms with Crippen LogP contribution in [0.3, 0.4) is 0 Å². The summed E-state index contributed by atoms with van der Waals surface area (Å²) < 4.78 is 5.38. The molecule has 0 aliphatic carbocycles. The molecule has 1 saturated heterocycles. The average molecular weight is 167 g/mol. The highest BCUT2D eigenvalue weighted by molar-refractivity contribution is 5.85. The van der Waals surface area contributed by atoms with Crippen LogP contribution in [0.1, 0.15) is 6.42 Å². The van der Waals surface area contributed by atoms with Crippen molar-refractivity contribution in [2.75, 3.05) is 26.2 Å². The first-order chi connectivity index (χ1) is 4.43. The number of morpholine rings is 1. The van der Waals surface area contributed by atoms with E-state index in [-0.39, 0.29) is 12.4 Å². The monoisotopic (exact) mass is 166 g/mol. The maximum atomic E-state index is 5.38. The summed E-state index contributed by atoms with van der Waals surface area (Å²) in [6, 6.07) is 0. The Hall–Kier alpha value is 0.170. The summed E-state index contributed by atoms with van der Waals surface area (Å²) >= 11 is 0. The molecule has 1 atom stereocenters. The van der Waals surface area contributed by atoms with Crippen molar-refractivity contribution in [2.24, 2.45) is 5.73 Å². The van der Waals surface area contributed by atoms with Crippen LogP contribution in [0.15, 0.2) is 0 Å². The zero-order valence-electron chi connectivity index (χ0n) is 6.01. The van der Waals surface area contributed by atoms with Crippen LogP contribution >= 0.6 is 12.4 Å². The molecule has 1 rings (SSSR count). The van der Waals surface area contributed by atoms with Crippen LogP contribution in [-0.4, -0.2) is 32.3 Å². The molecule has 1 unspecified atom stereocenters. The normalized spacial score (nSPS) is 25.5. The molecule has 1 fully saturated rings. The summed E-state index contributed by atoms with van der Waals surface area (Å²) in [5, 5.41) is 3.24. The van der Waals surface area contributed by atoms with Gasteiger partial charge in [-0.05, 0) is 13.0 Å². The van der Waals surface area contributed by atoms with Gasteiger partial charge in [-0.15, -0.1) is 12.4 Å². The van der Waals surface area contributed by atoms with Crippen LogP contribution in [0.25, 0.3) is 0 Å². The Morgan fingerprint density at radius 1 is 1.60 bits per heavy atom. The maximum absolute atomic E-state index is 5.38. The molecule has 0 spiro atoms. The fraction of sp³-hybridized carbons (Fsp3) is 1.00. The predicted octanol–water partition coefficient (Wildman–Crippen LogP) is -0.255. The van der Waals surface area contributed by atoms with Crippen molar-refractivity contribution in [3.05, 3.63) is 0 Å². The van der Waals surface area contributed by atoms with Crippen molar-refractivity contribution < 1.29 is 4.74 Å². The van der Waals surface area contributed by atoms with Crippen molar-refractivity contribution in [1.82, 2.24) is 5.32 Å². The summed E-state index contributed by atoms with van der Waals surface area (Å²) in [5.74, 6) is 0. The molecule has 0 aromatic heterocycles. The van der Waals surface area contributed by atoms with E-state index in [1.165, 1.54) is 0 Å². The number of rotatable bonds is 2. The van der Waals surface area contributed by atoms with Crippen LogP contribution in [0.2, 0.25) is 0 Å². The van der Waals surface area contributed by atoms with E-state index >= 15 is 0 Å². The molecular weight excluding hydrogens is 152 g/mol. The second kappa shape index (κ2) is 5.92.